The number of fused-ring (bicyclic) bond motifs is 2. The first kappa shape index (κ1) is 12.1. The molecule has 0 aromatic heterocycles. The van der Waals surface area contributed by atoms with Gasteiger partial charge in [0, 0.05) is 6.54 Å². The predicted molar refractivity (Wildman–Crippen MR) is 69.8 cm³/mol. The van der Waals surface area contributed by atoms with E-state index in [1.807, 2.05) is 25.1 Å². The van der Waals surface area contributed by atoms with Gasteiger partial charge in [-0.2, -0.15) is 4.31 Å². The van der Waals surface area contributed by atoms with Crippen molar-refractivity contribution in [3.63, 3.8) is 0 Å². The Balaban J connectivity index is 2.25. The van der Waals surface area contributed by atoms with E-state index in [0.717, 1.165) is 31.5 Å². The van der Waals surface area contributed by atoms with Crippen molar-refractivity contribution in [3.05, 3.63) is 29.8 Å². The molecule has 2 aliphatic heterocycles. The Morgan fingerprint density at radius 2 is 1.94 bits per heavy atom. The molecule has 2 aliphatic rings. The van der Waals surface area contributed by atoms with Gasteiger partial charge in [0.15, 0.2) is 0 Å². The van der Waals surface area contributed by atoms with Gasteiger partial charge in [0.25, 0.3) is 0 Å². The molecule has 1 aromatic rings. The normalized spacial score (nSPS) is 25.2. The lowest BCUT2D eigenvalue weighted by atomic mass is 9.81. The number of hydrogen-bond acceptors (Lipinski definition) is 3. The molecule has 0 atom stereocenters. The van der Waals surface area contributed by atoms with Gasteiger partial charge in [-0.25, -0.2) is 8.42 Å². The summed E-state index contributed by atoms with van der Waals surface area (Å²) in [5.74, 6) is 0. The number of sulfonamides is 1. The van der Waals surface area contributed by atoms with Crippen LogP contribution in [0.1, 0.15) is 25.3 Å². The summed E-state index contributed by atoms with van der Waals surface area (Å²) in [5, 5.41) is 3.32. The van der Waals surface area contributed by atoms with Crippen molar-refractivity contribution in [3.8, 4) is 0 Å². The van der Waals surface area contributed by atoms with Gasteiger partial charge in [0.1, 0.15) is 0 Å². The molecule has 18 heavy (non-hydrogen) atoms. The average molecular weight is 266 g/mol. The number of benzene rings is 1. The van der Waals surface area contributed by atoms with Gasteiger partial charge in [0.2, 0.25) is 10.0 Å². The lowest BCUT2D eigenvalue weighted by Crippen LogP contribution is -2.50. The summed E-state index contributed by atoms with van der Waals surface area (Å²) in [6.07, 6.45) is 1.72. The molecule has 1 aromatic carbocycles. The number of nitrogens with one attached hydrogen (secondary N) is 1. The highest BCUT2D eigenvalue weighted by molar-refractivity contribution is 7.89. The molecule has 0 unspecified atom stereocenters. The van der Waals surface area contributed by atoms with Crippen LogP contribution in [-0.2, 0) is 15.6 Å². The van der Waals surface area contributed by atoms with Crippen LogP contribution >= 0.6 is 0 Å². The Hall–Kier alpha value is -0.910. The Morgan fingerprint density at radius 1 is 1.28 bits per heavy atom. The van der Waals surface area contributed by atoms with Gasteiger partial charge < -0.3 is 5.32 Å². The second-order valence-corrected chi connectivity index (χ2v) is 6.78. The van der Waals surface area contributed by atoms with Crippen LogP contribution in [0.25, 0.3) is 0 Å². The van der Waals surface area contributed by atoms with Crippen molar-refractivity contribution < 1.29 is 8.42 Å². The predicted octanol–water partition coefficient (Wildman–Crippen LogP) is 1.29. The van der Waals surface area contributed by atoms with E-state index < -0.39 is 10.0 Å². The average Bonchev–Trinajstić information content (AvgIpc) is 2.57. The van der Waals surface area contributed by atoms with Gasteiger partial charge >= 0.3 is 0 Å². The minimum absolute atomic E-state index is 0.310. The van der Waals surface area contributed by atoms with Crippen LogP contribution in [0.3, 0.4) is 0 Å². The van der Waals surface area contributed by atoms with Crippen LogP contribution < -0.4 is 5.32 Å². The summed E-state index contributed by atoms with van der Waals surface area (Å²) < 4.78 is 26.9. The summed E-state index contributed by atoms with van der Waals surface area (Å²) in [4.78, 5) is 0.508. The maximum Gasteiger partial charge on any atom is 0.244 e. The molecule has 0 saturated carbocycles. The largest absolute Gasteiger partial charge is 0.317 e. The maximum absolute atomic E-state index is 12.6. The lowest BCUT2D eigenvalue weighted by molar-refractivity contribution is 0.151. The SMILES string of the molecule is CCN1C2(CCNCC2)c2ccccc2S1(=O)=O. The van der Waals surface area contributed by atoms with Crippen LogP contribution in [0, 0.1) is 0 Å². The van der Waals surface area contributed by atoms with E-state index in [1.54, 1.807) is 10.4 Å². The van der Waals surface area contributed by atoms with Crippen LogP contribution in [0.2, 0.25) is 0 Å². The van der Waals surface area contributed by atoms with E-state index >= 15 is 0 Å². The zero-order chi connectivity index (χ0) is 12.8. The van der Waals surface area contributed by atoms with E-state index in [9.17, 15) is 8.42 Å². The van der Waals surface area contributed by atoms with Crippen molar-refractivity contribution >= 4 is 10.0 Å². The summed E-state index contributed by atoms with van der Waals surface area (Å²) in [7, 11) is -3.30. The van der Waals surface area contributed by atoms with Crippen molar-refractivity contribution in [2.75, 3.05) is 19.6 Å². The number of rotatable bonds is 1. The third-order valence-corrected chi connectivity index (χ3v) is 6.25. The number of nitrogens with zero attached hydrogens (tertiary/aromatic N) is 1. The minimum Gasteiger partial charge on any atom is -0.317 e. The molecule has 3 rings (SSSR count). The first-order valence-corrected chi connectivity index (χ1v) is 7.90. The van der Waals surface area contributed by atoms with Crippen LogP contribution in [0.15, 0.2) is 29.2 Å². The van der Waals surface area contributed by atoms with Gasteiger partial charge in [-0.3, -0.25) is 0 Å². The Kier molecular flexibility index (Phi) is 2.73. The van der Waals surface area contributed by atoms with E-state index in [4.69, 9.17) is 0 Å². The summed E-state index contributed by atoms with van der Waals surface area (Å²) in [6.45, 7) is 4.21. The molecule has 4 nitrogen and oxygen atoms in total. The highest BCUT2D eigenvalue weighted by Gasteiger charge is 2.52. The van der Waals surface area contributed by atoms with E-state index in [0.29, 0.717) is 11.4 Å². The molecule has 0 bridgehead atoms. The molecule has 1 saturated heterocycles. The van der Waals surface area contributed by atoms with Crippen LogP contribution in [0.4, 0.5) is 0 Å². The van der Waals surface area contributed by atoms with E-state index in [-0.39, 0.29) is 5.54 Å². The summed E-state index contributed by atoms with van der Waals surface area (Å²) >= 11 is 0. The van der Waals surface area contributed by atoms with E-state index in [1.165, 1.54) is 0 Å². The van der Waals surface area contributed by atoms with Crippen molar-refractivity contribution in [2.45, 2.75) is 30.2 Å². The molecule has 0 amide bonds. The van der Waals surface area contributed by atoms with Gasteiger partial charge in [0.05, 0.1) is 10.4 Å². The van der Waals surface area contributed by atoms with Crippen LogP contribution in [-0.4, -0.2) is 32.4 Å². The first-order chi connectivity index (χ1) is 8.63. The van der Waals surface area contributed by atoms with Crippen molar-refractivity contribution in [2.24, 2.45) is 0 Å². The molecular weight excluding hydrogens is 248 g/mol. The van der Waals surface area contributed by atoms with Gasteiger partial charge in [-0.1, -0.05) is 25.1 Å². The molecule has 1 spiro atoms. The molecule has 5 heteroatoms. The highest BCUT2D eigenvalue weighted by Crippen LogP contribution is 2.48. The standard InChI is InChI=1S/C13H18N2O2S/c1-2-15-13(7-9-14-10-8-13)11-5-3-4-6-12(11)18(15,16)17/h3-6,14H,2,7-10H2,1H3. The topological polar surface area (TPSA) is 49.4 Å². The summed E-state index contributed by atoms with van der Waals surface area (Å²) in [5.41, 5.74) is 0.684. The molecule has 0 aliphatic carbocycles. The lowest BCUT2D eigenvalue weighted by Gasteiger charge is -2.40. The smallest absolute Gasteiger partial charge is 0.244 e. The maximum atomic E-state index is 12.6. The second-order valence-electron chi connectivity index (χ2n) is 4.95. The summed E-state index contributed by atoms with van der Waals surface area (Å²) in [6, 6.07) is 7.47. The fraction of sp³-hybridized carbons (Fsp3) is 0.538. The minimum atomic E-state index is -3.30. The molecule has 2 heterocycles. The monoisotopic (exact) mass is 266 g/mol. The Bertz CT molecular complexity index is 562. The number of hydrogen-bond donors (Lipinski definition) is 1. The Morgan fingerprint density at radius 3 is 2.61 bits per heavy atom. The molecule has 1 N–H and O–H groups in total. The Labute approximate surface area is 108 Å². The quantitative estimate of drug-likeness (QED) is 0.833. The number of piperidine rings is 1. The van der Waals surface area contributed by atoms with Crippen molar-refractivity contribution in [1.29, 1.82) is 0 Å². The van der Waals surface area contributed by atoms with E-state index in [2.05, 4.69) is 5.32 Å². The third kappa shape index (κ3) is 1.41. The van der Waals surface area contributed by atoms with Gasteiger partial charge in [-0.15, -0.1) is 0 Å². The fourth-order valence-corrected chi connectivity index (χ4v) is 5.50. The molecule has 98 valence electrons. The first-order valence-electron chi connectivity index (χ1n) is 6.46. The second kappa shape index (κ2) is 4.05. The highest BCUT2D eigenvalue weighted by atomic mass is 32.2. The molecule has 1 fully saturated rings. The molecular formula is C13H18N2O2S. The van der Waals surface area contributed by atoms with Gasteiger partial charge in [-0.05, 0) is 37.6 Å². The zero-order valence-corrected chi connectivity index (χ0v) is 11.3. The van der Waals surface area contributed by atoms with Crippen LogP contribution in [0.5, 0.6) is 0 Å². The van der Waals surface area contributed by atoms with Crippen molar-refractivity contribution in [1.82, 2.24) is 9.62 Å². The zero-order valence-electron chi connectivity index (χ0n) is 10.5. The third-order valence-electron chi connectivity index (χ3n) is 4.15. The fourth-order valence-electron chi connectivity index (χ4n) is 3.39. The molecule has 0 radical (unpaired) electrons.